The number of nitrogens with two attached hydrogens (primary N) is 1. The Balaban J connectivity index is 2.67. The van der Waals surface area contributed by atoms with Crippen LogP contribution in [0.2, 0.25) is 0 Å². The second-order valence-corrected chi connectivity index (χ2v) is 4.79. The third-order valence-corrected chi connectivity index (χ3v) is 3.49. The van der Waals surface area contributed by atoms with Crippen LogP contribution in [-0.2, 0) is 4.79 Å². The zero-order valence-corrected chi connectivity index (χ0v) is 11.5. The summed E-state index contributed by atoms with van der Waals surface area (Å²) >= 11 is 0. The first-order valence-electron chi connectivity index (χ1n) is 6.71. The largest absolute Gasteiger partial charge is 0.348 e. The molecule has 100 valence electrons. The lowest BCUT2D eigenvalue weighted by Crippen LogP contribution is -2.45. The average Bonchev–Trinajstić information content (AvgIpc) is 2.43. The lowest BCUT2D eigenvalue weighted by Gasteiger charge is -2.23. The summed E-state index contributed by atoms with van der Waals surface area (Å²) in [4.78, 5) is 12.0. The maximum atomic E-state index is 12.0. The van der Waals surface area contributed by atoms with Crippen molar-refractivity contribution in [3.8, 4) is 0 Å². The molecule has 1 rings (SSSR count). The van der Waals surface area contributed by atoms with E-state index in [-0.39, 0.29) is 17.9 Å². The van der Waals surface area contributed by atoms with E-state index in [0.29, 0.717) is 0 Å². The Morgan fingerprint density at radius 2 is 1.83 bits per heavy atom. The first-order chi connectivity index (χ1) is 8.60. The van der Waals surface area contributed by atoms with E-state index in [4.69, 9.17) is 5.73 Å². The quantitative estimate of drug-likeness (QED) is 0.813. The molecule has 0 aromatic heterocycles. The van der Waals surface area contributed by atoms with Crippen LogP contribution in [0.3, 0.4) is 0 Å². The van der Waals surface area contributed by atoms with Crippen molar-refractivity contribution in [2.24, 2.45) is 11.7 Å². The Labute approximate surface area is 110 Å². The Morgan fingerprint density at radius 3 is 2.33 bits per heavy atom. The summed E-state index contributed by atoms with van der Waals surface area (Å²) in [5.74, 6) is 0.151. The number of hydrogen-bond acceptors (Lipinski definition) is 2. The summed E-state index contributed by atoms with van der Waals surface area (Å²) < 4.78 is 0. The van der Waals surface area contributed by atoms with Gasteiger partial charge >= 0.3 is 0 Å². The average molecular weight is 248 g/mol. The molecular weight excluding hydrogens is 224 g/mol. The maximum Gasteiger partial charge on any atom is 0.237 e. The molecule has 1 aromatic rings. The molecule has 0 aliphatic rings. The molecular formula is C15H24N2O. The molecule has 0 unspecified atom stereocenters. The van der Waals surface area contributed by atoms with Gasteiger partial charge in [-0.2, -0.15) is 0 Å². The SMILES string of the molecule is CC[C@@H](C)[C@@H](N)C(=O)N[C@H](CC)c1ccccc1. The smallest absolute Gasteiger partial charge is 0.237 e. The van der Waals surface area contributed by atoms with Crippen LogP contribution in [-0.4, -0.2) is 11.9 Å². The van der Waals surface area contributed by atoms with Crippen LogP contribution in [0.25, 0.3) is 0 Å². The van der Waals surface area contributed by atoms with Gasteiger partial charge in [-0.1, -0.05) is 57.5 Å². The van der Waals surface area contributed by atoms with E-state index in [1.54, 1.807) is 0 Å². The summed E-state index contributed by atoms with van der Waals surface area (Å²) in [7, 11) is 0. The van der Waals surface area contributed by atoms with Gasteiger partial charge in [0.1, 0.15) is 0 Å². The van der Waals surface area contributed by atoms with Crippen LogP contribution < -0.4 is 11.1 Å². The highest BCUT2D eigenvalue weighted by Gasteiger charge is 2.22. The Kier molecular flexibility index (Phi) is 5.86. The zero-order valence-electron chi connectivity index (χ0n) is 11.5. The van der Waals surface area contributed by atoms with E-state index in [0.717, 1.165) is 18.4 Å². The van der Waals surface area contributed by atoms with Gasteiger partial charge in [-0.05, 0) is 17.9 Å². The Hall–Kier alpha value is -1.35. The monoisotopic (exact) mass is 248 g/mol. The predicted octanol–water partition coefficient (Wildman–Crippen LogP) is 2.63. The van der Waals surface area contributed by atoms with E-state index in [1.165, 1.54) is 0 Å². The minimum Gasteiger partial charge on any atom is -0.348 e. The van der Waals surface area contributed by atoms with Gasteiger partial charge in [0.2, 0.25) is 5.91 Å². The summed E-state index contributed by atoms with van der Waals surface area (Å²) in [5, 5.41) is 3.03. The molecule has 1 aromatic carbocycles. The van der Waals surface area contributed by atoms with Crippen molar-refractivity contribution in [1.29, 1.82) is 0 Å². The van der Waals surface area contributed by atoms with Crippen molar-refractivity contribution >= 4 is 5.91 Å². The molecule has 0 spiro atoms. The Morgan fingerprint density at radius 1 is 1.22 bits per heavy atom. The normalized spacial score (nSPS) is 15.8. The number of carbonyl (C=O) groups excluding carboxylic acids is 1. The summed E-state index contributed by atoms with van der Waals surface area (Å²) in [6.45, 7) is 6.12. The molecule has 0 aliphatic carbocycles. The Bertz CT molecular complexity index is 364. The van der Waals surface area contributed by atoms with Gasteiger partial charge in [-0.3, -0.25) is 4.79 Å². The summed E-state index contributed by atoms with van der Waals surface area (Å²) in [6.07, 6.45) is 1.78. The summed E-state index contributed by atoms with van der Waals surface area (Å²) in [5.41, 5.74) is 7.07. The van der Waals surface area contributed by atoms with Gasteiger partial charge in [0, 0.05) is 0 Å². The number of hydrogen-bond donors (Lipinski definition) is 2. The van der Waals surface area contributed by atoms with Crippen LogP contribution in [0.4, 0.5) is 0 Å². The van der Waals surface area contributed by atoms with E-state index in [9.17, 15) is 4.79 Å². The van der Waals surface area contributed by atoms with Crippen molar-refractivity contribution < 1.29 is 4.79 Å². The van der Waals surface area contributed by atoms with Crippen LogP contribution in [0.15, 0.2) is 30.3 Å². The second-order valence-electron chi connectivity index (χ2n) is 4.79. The molecule has 1 amide bonds. The van der Waals surface area contributed by atoms with Gasteiger partial charge in [0.15, 0.2) is 0 Å². The molecule has 18 heavy (non-hydrogen) atoms. The lowest BCUT2D eigenvalue weighted by molar-refractivity contribution is -0.124. The first kappa shape index (κ1) is 14.7. The highest BCUT2D eigenvalue weighted by Crippen LogP contribution is 2.16. The van der Waals surface area contributed by atoms with Crippen molar-refractivity contribution in [2.45, 2.75) is 45.7 Å². The van der Waals surface area contributed by atoms with Crippen LogP contribution in [0, 0.1) is 5.92 Å². The molecule has 0 radical (unpaired) electrons. The second kappa shape index (κ2) is 7.17. The number of nitrogens with one attached hydrogen (secondary N) is 1. The zero-order chi connectivity index (χ0) is 13.5. The summed E-state index contributed by atoms with van der Waals surface area (Å²) in [6, 6.07) is 9.63. The molecule has 0 bridgehead atoms. The van der Waals surface area contributed by atoms with Crippen LogP contribution in [0.5, 0.6) is 0 Å². The molecule has 0 fully saturated rings. The number of carbonyl (C=O) groups is 1. The first-order valence-corrected chi connectivity index (χ1v) is 6.71. The molecule has 3 nitrogen and oxygen atoms in total. The van der Waals surface area contributed by atoms with Crippen molar-refractivity contribution in [3.63, 3.8) is 0 Å². The topological polar surface area (TPSA) is 55.1 Å². The number of benzene rings is 1. The maximum absolute atomic E-state index is 12.0. The fourth-order valence-electron chi connectivity index (χ4n) is 1.89. The van der Waals surface area contributed by atoms with Crippen LogP contribution >= 0.6 is 0 Å². The minimum absolute atomic E-state index is 0.0498. The van der Waals surface area contributed by atoms with Gasteiger partial charge in [0.05, 0.1) is 12.1 Å². The van der Waals surface area contributed by atoms with Gasteiger partial charge in [0.25, 0.3) is 0 Å². The van der Waals surface area contributed by atoms with Crippen molar-refractivity contribution in [1.82, 2.24) is 5.32 Å². The van der Waals surface area contributed by atoms with E-state index >= 15 is 0 Å². The molecule has 0 heterocycles. The van der Waals surface area contributed by atoms with Crippen LogP contribution in [0.1, 0.15) is 45.2 Å². The molecule has 3 heteroatoms. The predicted molar refractivity (Wildman–Crippen MR) is 75.0 cm³/mol. The lowest BCUT2D eigenvalue weighted by atomic mass is 9.98. The fourth-order valence-corrected chi connectivity index (χ4v) is 1.89. The molecule has 0 saturated carbocycles. The molecule has 0 saturated heterocycles. The molecule has 0 aliphatic heterocycles. The van der Waals surface area contributed by atoms with Crippen molar-refractivity contribution in [3.05, 3.63) is 35.9 Å². The molecule has 3 atom stereocenters. The van der Waals surface area contributed by atoms with Gasteiger partial charge < -0.3 is 11.1 Å². The fraction of sp³-hybridized carbons (Fsp3) is 0.533. The molecule has 3 N–H and O–H groups in total. The van der Waals surface area contributed by atoms with E-state index in [1.807, 2.05) is 44.2 Å². The van der Waals surface area contributed by atoms with Gasteiger partial charge in [-0.25, -0.2) is 0 Å². The highest BCUT2D eigenvalue weighted by atomic mass is 16.2. The number of rotatable bonds is 6. The number of amides is 1. The van der Waals surface area contributed by atoms with Crippen molar-refractivity contribution in [2.75, 3.05) is 0 Å². The minimum atomic E-state index is -0.423. The third-order valence-electron chi connectivity index (χ3n) is 3.49. The van der Waals surface area contributed by atoms with E-state index in [2.05, 4.69) is 12.2 Å². The van der Waals surface area contributed by atoms with E-state index < -0.39 is 6.04 Å². The third kappa shape index (κ3) is 3.84. The standard InChI is InChI=1S/C15H24N2O/c1-4-11(3)14(16)15(18)17-13(5-2)12-9-7-6-8-10-12/h6-11,13-14H,4-5,16H2,1-3H3,(H,17,18)/t11-,13-,14-/m1/s1. The highest BCUT2D eigenvalue weighted by molar-refractivity contribution is 5.82. The van der Waals surface area contributed by atoms with Gasteiger partial charge in [-0.15, -0.1) is 0 Å².